The van der Waals surface area contributed by atoms with Crippen LogP contribution in [0.15, 0.2) is 24.4 Å². The zero-order chi connectivity index (χ0) is 14.4. The third-order valence-electron chi connectivity index (χ3n) is 3.62. The first kappa shape index (κ1) is 20.6. The van der Waals surface area contributed by atoms with Crippen LogP contribution in [0.1, 0.15) is 29.8 Å². The summed E-state index contributed by atoms with van der Waals surface area (Å²) in [5.41, 5.74) is 5.98. The predicted molar refractivity (Wildman–Crippen MR) is 89.4 cm³/mol. The van der Waals surface area contributed by atoms with Crippen LogP contribution < -0.4 is 16.4 Å². The molecule has 6 nitrogen and oxygen atoms in total. The minimum atomic E-state index is -0.345. The Morgan fingerprint density at radius 3 is 2.68 bits per heavy atom. The number of aromatic nitrogens is 1. The number of hydrogen-bond acceptors (Lipinski definition) is 4. The normalized spacial score (nSPS) is 19.5. The van der Waals surface area contributed by atoms with Gasteiger partial charge in [-0.05, 0) is 37.4 Å². The summed E-state index contributed by atoms with van der Waals surface area (Å²) in [4.78, 5) is 27.5. The zero-order valence-corrected chi connectivity index (χ0v) is 13.8. The molecule has 0 aliphatic heterocycles. The summed E-state index contributed by atoms with van der Waals surface area (Å²) in [5, 5.41) is 5.49. The molecular formula is C14H22Cl2N4O2. The Morgan fingerprint density at radius 2 is 2.05 bits per heavy atom. The van der Waals surface area contributed by atoms with Crippen molar-refractivity contribution in [2.75, 3.05) is 13.1 Å². The third kappa shape index (κ3) is 5.79. The number of pyridine rings is 1. The van der Waals surface area contributed by atoms with E-state index in [-0.39, 0.29) is 49.2 Å². The number of halogens is 2. The van der Waals surface area contributed by atoms with Crippen LogP contribution in [0.4, 0.5) is 0 Å². The average molecular weight is 349 g/mol. The molecule has 0 aromatic carbocycles. The van der Waals surface area contributed by atoms with E-state index in [1.165, 1.54) is 0 Å². The lowest BCUT2D eigenvalue weighted by Gasteiger charge is -2.19. The molecule has 1 saturated carbocycles. The van der Waals surface area contributed by atoms with Gasteiger partial charge in [-0.2, -0.15) is 0 Å². The monoisotopic (exact) mass is 348 g/mol. The lowest BCUT2D eigenvalue weighted by Crippen LogP contribution is -2.44. The summed E-state index contributed by atoms with van der Waals surface area (Å²) in [6.45, 7) is 0.550. The van der Waals surface area contributed by atoms with Crippen molar-refractivity contribution in [1.82, 2.24) is 15.6 Å². The Kier molecular flexibility index (Phi) is 9.73. The van der Waals surface area contributed by atoms with Gasteiger partial charge in [0.2, 0.25) is 5.91 Å². The van der Waals surface area contributed by atoms with E-state index in [1.807, 2.05) is 0 Å². The van der Waals surface area contributed by atoms with Gasteiger partial charge in [0, 0.05) is 12.2 Å². The van der Waals surface area contributed by atoms with E-state index in [0.717, 1.165) is 19.3 Å². The first-order chi connectivity index (χ1) is 9.70. The van der Waals surface area contributed by atoms with Crippen LogP contribution in [0.25, 0.3) is 0 Å². The summed E-state index contributed by atoms with van der Waals surface area (Å²) >= 11 is 0. The van der Waals surface area contributed by atoms with E-state index in [4.69, 9.17) is 5.73 Å². The predicted octanol–water partition coefficient (Wildman–Crippen LogP) is 0.899. The van der Waals surface area contributed by atoms with E-state index >= 15 is 0 Å². The highest BCUT2D eigenvalue weighted by atomic mass is 35.5. The smallest absolute Gasteiger partial charge is 0.270 e. The number of carbonyl (C=O) groups is 2. The largest absolute Gasteiger partial charge is 0.352 e. The lowest BCUT2D eigenvalue weighted by molar-refractivity contribution is -0.121. The van der Waals surface area contributed by atoms with Gasteiger partial charge in [0.15, 0.2) is 0 Å². The van der Waals surface area contributed by atoms with E-state index in [9.17, 15) is 9.59 Å². The Hall–Kier alpha value is -1.37. The molecule has 2 amide bonds. The van der Waals surface area contributed by atoms with Crippen molar-refractivity contribution < 1.29 is 9.59 Å². The van der Waals surface area contributed by atoms with Crippen molar-refractivity contribution >= 4 is 36.6 Å². The van der Waals surface area contributed by atoms with E-state index < -0.39 is 0 Å². The average Bonchev–Trinajstić information content (AvgIpc) is 2.92. The fourth-order valence-corrected chi connectivity index (χ4v) is 2.51. The second-order valence-electron chi connectivity index (χ2n) is 5.00. The SMILES string of the molecule is Cl.Cl.NCC1CCCC1NC(=O)CNC(=O)c1ccccn1. The van der Waals surface area contributed by atoms with E-state index in [0.29, 0.717) is 18.2 Å². The van der Waals surface area contributed by atoms with Gasteiger partial charge in [0.25, 0.3) is 5.91 Å². The number of rotatable bonds is 5. The summed E-state index contributed by atoms with van der Waals surface area (Å²) < 4.78 is 0. The molecule has 1 aromatic heterocycles. The van der Waals surface area contributed by atoms with Crippen LogP contribution in [-0.2, 0) is 4.79 Å². The maximum absolute atomic E-state index is 11.8. The topological polar surface area (TPSA) is 97.1 Å². The fraction of sp³-hybridized carbons (Fsp3) is 0.500. The number of amides is 2. The van der Waals surface area contributed by atoms with Crippen molar-refractivity contribution in [1.29, 1.82) is 0 Å². The van der Waals surface area contributed by atoms with Crippen molar-refractivity contribution in [3.63, 3.8) is 0 Å². The zero-order valence-electron chi connectivity index (χ0n) is 12.2. The van der Waals surface area contributed by atoms with Crippen molar-refractivity contribution in [3.8, 4) is 0 Å². The number of nitrogens with zero attached hydrogens (tertiary/aromatic N) is 1. The van der Waals surface area contributed by atoms with Crippen LogP contribution in [0, 0.1) is 5.92 Å². The molecule has 2 atom stereocenters. The molecule has 4 N–H and O–H groups in total. The molecule has 2 rings (SSSR count). The first-order valence-corrected chi connectivity index (χ1v) is 6.89. The summed E-state index contributed by atoms with van der Waals surface area (Å²) in [5.74, 6) is -0.174. The molecule has 1 aliphatic rings. The van der Waals surface area contributed by atoms with Gasteiger partial charge in [-0.25, -0.2) is 0 Å². The fourth-order valence-electron chi connectivity index (χ4n) is 2.51. The Balaban J connectivity index is 0.00000220. The highest BCUT2D eigenvalue weighted by Gasteiger charge is 2.27. The highest BCUT2D eigenvalue weighted by Crippen LogP contribution is 2.24. The second-order valence-corrected chi connectivity index (χ2v) is 5.00. The molecule has 0 radical (unpaired) electrons. The maximum Gasteiger partial charge on any atom is 0.270 e. The molecule has 1 aliphatic carbocycles. The molecule has 22 heavy (non-hydrogen) atoms. The quantitative estimate of drug-likeness (QED) is 0.736. The van der Waals surface area contributed by atoms with Gasteiger partial charge in [0.05, 0.1) is 6.54 Å². The Bertz CT molecular complexity index is 473. The van der Waals surface area contributed by atoms with Gasteiger partial charge in [0.1, 0.15) is 5.69 Å². The van der Waals surface area contributed by atoms with Crippen LogP contribution in [0.2, 0.25) is 0 Å². The molecule has 1 aromatic rings. The molecule has 8 heteroatoms. The van der Waals surface area contributed by atoms with Crippen LogP contribution in [0.3, 0.4) is 0 Å². The molecule has 0 bridgehead atoms. The van der Waals surface area contributed by atoms with E-state index in [1.54, 1.807) is 24.4 Å². The minimum Gasteiger partial charge on any atom is -0.352 e. The van der Waals surface area contributed by atoms with Crippen LogP contribution in [0.5, 0.6) is 0 Å². The summed E-state index contributed by atoms with van der Waals surface area (Å²) in [6, 6.07) is 5.21. The van der Waals surface area contributed by atoms with Gasteiger partial charge in [-0.1, -0.05) is 12.5 Å². The van der Waals surface area contributed by atoms with Crippen LogP contribution in [-0.4, -0.2) is 35.9 Å². The van der Waals surface area contributed by atoms with Gasteiger partial charge in [-0.15, -0.1) is 24.8 Å². The molecule has 1 fully saturated rings. The number of nitrogens with two attached hydrogens (primary N) is 1. The van der Waals surface area contributed by atoms with Crippen molar-refractivity contribution in [2.24, 2.45) is 11.7 Å². The van der Waals surface area contributed by atoms with E-state index in [2.05, 4.69) is 15.6 Å². The second kappa shape index (κ2) is 10.4. The van der Waals surface area contributed by atoms with Crippen molar-refractivity contribution in [3.05, 3.63) is 30.1 Å². The minimum absolute atomic E-state index is 0. The molecule has 0 saturated heterocycles. The van der Waals surface area contributed by atoms with Gasteiger partial charge in [-0.3, -0.25) is 14.6 Å². The lowest BCUT2D eigenvalue weighted by atomic mass is 10.0. The molecular weight excluding hydrogens is 327 g/mol. The number of nitrogens with one attached hydrogen (secondary N) is 2. The molecule has 2 unspecified atom stereocenters. The maximum atomic E-state index is 11.8. The van der Waals surface area contributed by atoms with Crippen LogP contribution >= 0.6 is 24.8 Å². The first-order valence-electron chi connectivity index (χ1n) is 6.89. The van der Waals surface area contributed by atoms with Gasteiger partial charge < -0.3 is 16.4 Å². The molecule has 1 heterocycles. The van der Waals surface area contributed by atoms with Gasteiger partial charge >= 0.3 is 0 Å². The standard InChI is InChI=1S/C14H20N4O2.2ClH/c15-8-10-4-3-6-11(10)18-13(19)9-17-14(20)12-5-1-2-7-16-12;;/h1-2,5,7,10-11H,3-4,6,8-9,15H2,(H,17,20)(H,18,19);2*1H. The molecule has 0 spiro atoms. The highest BCUT2D eigenvalue weighted by molar-refractivity contribution is 5.94. The summed E-state index contributed by atoms with van der Waals surface area (Å²) in [7, 11) is 0. The number of hydrogen-bond donors (Lipinski definition) is 3. The Morgan fingerprint density at radius 1 is 1.27 bits per heavy atom. The Labute approximate surface area is 142 Å². The summed E-state index contributed by atoms with van der Waals surface area (Å²) in [6.07, 6.45) is 4.65. The third-order valence-corrected chi connectivity index (χ3v) is 3.62. The molecule has 124 valence electrons. The van der Waals surface area contributed by atoms with Crippen molar-refractivity contribution in [2.45, 2.75) is 25.3 Å². The number of carbonyl (C=O) groups excluding carboxylic acids is 2.